The van der Waals surface area contributed by atoms with Gasteiger partial charge in [0.2, 0.25) is 0 Å². The number of nitrogens with zero attached hydrogens (tertiary/aromatic N) is 3. The third-order valence-electron chi connectivity index (χ3n) is 5.62. The van der Waals surface area contributed by atoms with E-state index in [-0.39, 0.29) is 17.5 Å². The fraction of sp³-hybridized carbons (Fsp3) is 0.348. The Balaban J connectivity index is 1.31. The second-order valence-electron chi connectivity index (χ2n) is 7.89. The van der Waals surface area contributed by atoms with E-state index in [1.54, 1.807) is 29.6 Å². The first-order valence-electron chi connectivity index (χ1n) is 10.8. The van der Waals surface area contributed by atoms with Gasteiger partial charge in [-0.3, -0.25) is 25.2 Å². The van der Waals surface area contributed by atoms with Crippen LogP contribution in [0.4, 0.5) is 0 Å². The van der Waals surface area contributed by atoms with E-state index in [0.29, 0.717) is 29.3 Å². The van der Waals surface area contributed by atoms with Crippen LogP contribution in [0.15, 0.2) is 29.6 Å². The number of amides is 3. The summed E-state index contributed by atoms with van der Waals surface area (Å²) in [4.78, 5) is 49.1. The van der Waals surface area contributed by atoms with Crippen LogP contribution >= 0.6 is 22.7 Å². The van der Waals surface area contributed by atoms with E-state index in [9.17, 15) is 14.4 Å². The topological polar surface area (TPSA) is 114 Å². The molecule has 0 spiro atoms. The third-order valence-corrected chi connectivity index (χ3v) is 7.69. The molecule has 1 aromatic carbocycles. The highest BCUT2D eigenvalue weighted by molar-refractivity contribution is 7.13. The second kappa shape index (κ2) is 10.3. The molecule has 0 unspecified atom stereocenters. The standard InChI is InChI=1S/C23H25N5O4S2/c1-13-19(34-14(2)24-13)23(31)28-10-8-15(9-11-28)22-25-17(12-33-22)21(30)27-26-20(29)16-6-4-5-7-18(16)32-3/h4-7,12,15H,8-11H2,1-3H3,(H,26,29)(H,27,30). The number of hydrogen-bond donors (Lipinski definition) is 2. The Hall–Kier alpha value is -3.31. The fourth-order valence-electron chi connectivity index (χ4n) is 3.86. The van der Waals surface area contributed by atoms with Crippen LogP contribution < -0.4 is 15.6 Å². The Labute approximate surface area is 205 Å². The molecule has 4 rings (SSSR count). The van der Waals surface area contributed by atoms with Gasteiger partial charge in [-0.1, -0.05) is 12.1 Å². The Bertz CT molecular complexity index is 1210. The van der Waals surface area contributed by atoms with E-state index < -0.39 is 11.8 Å². The average Bonchev–Trinajstić information content (AvgIpc) is 3.48. The summed E-state index contributed by atoms with van der Waals surface area (Å²) in [7, 11) is 1.48. The lowest BCUT2D eigenvalue weighted by Crippen LogP contribution is -2.42. The van der Waals surface area contributed by atoms with Crippen molar-refractivity contribution in [2.45, 2.75) is 32.6 Å². The monoisotopic (exact) mass is 499 g/mol. The van der Waals surface area contributed by atoms with Crippen LogP contribution in [-0.2, 0) is 0 Å². The van der Waals surface area contributed by atoms with Gasteiger partial charge in [0.05, 0.1) is 28.4 Å². The molecular weight excluding hydrogens is 474 g/mol. The quantitative estimate of drug-likeness (QED) is 0.521. The molecule has 0 saturated carbocycles. The molecule has 9 nitrogen and oxygen atoms in total. The molecule has 1 aliphatic heterocycles. The van der Waals surface area contributed by atoms with E-state index in [1.165, 1.54) is 29.8 Å². The summed E-state index contributed by atoms with van der Waals surface area (Å²) in [5, 5.41) is 3.43. The Kier molecular flexibility index (Phi) is 7.23. The molecule has 1 saturated heterocycles. The van der Waals surface area contributed by atoms with Crippen LogP contribution in [0.2, 0.25) is 0 Å². The molecule has 1 fully saturated rings. The number of benzene rings is 1. The van der Waals surface area contributed by atoms with Crippen molar-refractivity contribution < 1.29 is 19.1 Å². The maximum Gasteiger partial charge on any atom is 0.289 e. The van der Waals surface area contributed by atoms with Crippen molar-refractivity contribution in [3.63, 3.8) is 0 Å². The summed E-state index contributed by atoms with van der Waals surface area (Å²) >= 11 is 2.85. The van der Waals surface area contributed by atoms with Gasteiger partial charge >= 0.3 is 0 Å². The molecule has 0 aliphatic carbocycles. The van der Waals surface area contributed by atoms with Gasteiger partial charge in [-0.2, -0.15) is 0 Å². The lowest BCUT2D eigenvalue weighted by atomic mass is 9.97. The summed E-state index contributed by atoms with van der Waals surface area (Å²) in [6.07, 6.45) is 1.56. The maximum absolute atomic E-state index is 12.8. The number of para-hydroxylation sites is 1. The number of piperidine rings is 1. The summed E-state index contributed by atoms with van der Waals surface area (Å²) in [5.41, 5.74) is 6.14. The molecule has 11 heteroatoms. The third kappa shape index (κ3) is 5.10. The van der Waals surface area contributed by atoms with Crippen molar-refractivity contribution >= 4 is 40.4 Å². The van der Waals surface area contributed by atoms with Gasteiger partial charge in [-0.05, 0) is 38.8 Å². The van der Waals surface area contributed by atoms with Crippen molar-refractivity contribution in [3.05, 3.63) is 61.5 Å². The average molecular weight is 500 g/mol. The first kappa shape index (κ1) is 23.8. The molecule has 0 radical (unpaired) electrons. The van der Waals surface area contributed by atoms with Gasteiger partial charge in [0, 0.05) is 24.4 Å². The number of hydrogen-bond acceptors (Lipinski definition) is 8. The largest absolute Gasteiger partial charge is 0.496 e. The first-order chi connectivity index (χ1) is 16.4. The van der Waals surface area contributed by atoms with Crippen molar-refractivity contribution in [3.8, 4) is 5.75 Å². The molecule has 3 amide bonds. The minimum Gasteiger partial charge on any atom is -0.496 e. The predicted molar refractivity (Wildman–Crippen MR) is 130 cm³/mol. The number of aryl methyl sites for hydroxylation is 2. The number of likely N-dealkylation sites (tertiary alicyclic amines) is 1. The van der Waals surface area contributed by atoms with Crippen molar-refractivity contribution in [2.75, 3.05) is 20.2 Å². The predicted octanol–water partition coefficient (Wildman–Crippen LogP) is 3.32. The molecular formula is C23H25N5O4S2. The number of methoxy groups -OCH3 is 1. The highest BCUT2D eigenvalue weighted by Gasteiger charge is 2.28. The summed E-state index contributed by atoms with van der Waals surface area (Å²) in [6, 6.07) is 6.74. The van der Waals surface area contributed by atoms with Crippen LogP contribution in [0.5, 0.6) is 5.75 Å². The molecule has 2 aromatic heterocycles. The van der Waals surface area contributed by atoms with Crippen LogP contribution in [0.25, 0.3) is 0 Å². The lowest BCUT2D eigenvalue weighted by molar-refractivity contribution is 0.0716. The van der Waals surface area contributed by atoms with Gasteiger partial charge in [0.15, 0.2) is 0 Å². The number of rotatable bonds is 5. The minimum atomic E-state index is -0.491. The Morgan fingerprint density at radius 3 is 2.44 bits per heavy atom. The molecule has 0 bridgehead atoms. The van der Waals surface area contributed by atoms with Gasteiger partial charge < -0.3 is 9.64 Å². The Morgan fingerprint density at radius 1 is 1.06 bits per heavy atom. The molecule has 178 valence electrons. The van der Waals surface area contributed by atoms with Gasteiger partial charge in [-0.15, -0.1) is 22.7 Å². The van der Waals surface area contributed by atoms with Crippen LogP contribution in [0.3, 0.4) is 0 Å². The maximum atomic E-state index is 12.8. The van der Waals surface area contributed by atoms with E-state index in [1.807, 2.05) is 18.7 Å². The summed E-state index contributed by atoms with van der Waals surface area (Å²) in [5.74, 6) is -0.343. The van der Waals surface area contributed by atoms with E-state index in [0.717, 1.165) is 28.6 Å². The highest BCUT2D eigenvalue weighted by atomic mass is 32.1. The van der Waals surface area contributed by atoms with Crippen molar-refractivity contribution in [2.24, 2.45) is 0 Å². The molecule has 3 heterocycles. The van der Waals surface area contributed by atoms with E-state index >= 15 is 0 Å². The number of nitrogens with one attached hydrogen (secondary N) is 2. The number of carbonyl (C=O) groups is 3. The smallest absolute Gasteiger partial charge is 0.289 e. The van der Waals surface area contributed by atoms with Gasteiger partial charge in [0.25, 0.3) is 17.7 Å². The zero-order valence-electron chi connectivity index (χ0n) is 19.1. The summed E-state index contributed by atoms with van der Waals surface area (Å²) in [6.45, 7) is 5.04. The first-order valence-corrected chi connectivity index (χ1v) is 12.5. The van der Waals surface area contributed by atoms with E-state index in [4.69, 9.17) is 4.74 Å². The van der Waals surface area contributed by atoms with Crippen molar-refractivity contribution in [1.82, 2.24) is 25.7 Å². The second-order valence-corrected chi connectivity index (χ2v) is 9.99. The normalized spacial score (nSPS) is 14.0. The number of aromatic nitrogens is 2. The zero-order chi connectivity index (χ0) is 24.2. The number of ether oxygens (including phenoxy) is 1. The SMILES string of the molecule is COc1ccccc1C(=O)NNC(=O)c1csc(C2CCN(C(=O)c3sc(C)nc3C)CC2)n1. The summed E-state index contributed by atoms with van der Waals surface area (Å²) < 4.78 is 5.17. The van der Waals surface area contributed by atoms with Gasteiger partial charge in [0.1, 0.15) is 16.3 Å². The molecule has 0 atom stereocenters. The molecule has 34 heavy (non-hydrogen) atoms. The fourth-order valence-corrected chi connectivity index (χ4v) is 5.72. The van der Waals surface area contributed by atoms with E-state index in [2.05, 4.69) is 20.8 Å². The van der Waals surface area contributed by atoms with Crippen LogP contribution in [-0.4, -0.2) is 52.8 Å². The number of carbonyl (C=O) groups excluding carboxylic acids is 3. The van der Waals surface area contributed by atoms with Crippen LogP contribution in [0.1, 0.15) is 65.0 Å². The zero-order valence-corrected chi connectivity index (χ0v) is 20.7. The number of hydrazine groups is 1. The Morgan fingerprint density at radius 2 is 1.76 bits per heavy atom. The number of thiazole rings is 2. The lowest BCUT2D eigenvalue weighted by Gasteiger charge is -2.30. The minimum absolute atomic E-state index is 0.0338. The van der Waals surface area contributed by atoms with Crippen LogP contribution in [0, 0.1) is 13.8 Å². The molecule has 2 N–H and O–H groups in total. The van der Waals surface area contributed by atoms with Gasteiger partial charge in [-0.25, -0.2) is 9.97 Å². The van der Waals surface area contributed by atoms with Crippen molar-refractivity contribution in [1.29, 1.82) is 0 Å². The highest BCUT2D eigenvalue weighted by Crippen LogP contribution is 2.31. The molecule has 3 aromatic rings. The molecule has 1 aliphatic rings.